The predicted molar refractivity (Wildman–Crippen MR) is 68.3 cm³/mol. The molecular weight excluding hydrogens is 338 g/mol. The number of imidazole rings is 1. The third-order valence-electron chi connectivity index (χ3n) is 1.42. The van der Waals surface area contributed by atoms with E-state index in [-0.39, 0.29) is 64.7 Å². The van der Waals surface area contributed by atoms with Gasteiger partial charge in [0.1, 0.15) is 0 Å². The van der Waals surface area contributed by atoms with E-state index in [1.54, 1.807) is 36.9 Å². The van der Waals surface area contributed by atoms with Crippen molar-refractivity contribution >= 4 is 26.2 Å². The molecule has 21 heavy (non-hydrogen) atoms. The number of benzene rings is 1. The molecule has 0 saturated carbocycles. The number of aromatic nitrogens is 2. The molecule has 1 aromatic carbocycles. The van der Waals surface area contributed by atoms with Gasteiger partial charge in [-0.2, -0.15) is 0 Å². The van der Waals surface area contributed by atoms with Gasteiger partial charge in [0, 0.05) is 12.4 Å². The zero-order chi connectivity index (χ0) is 14.7. The van der Waals surface area contributed by atoms with Crippen molar-refractivity contribution in [3.63, 3.8) is 0 Å². The summed E-state index contributed by atoms with van der Waals surface area (Å²) in [5, 5.41) is 10.1. The Kier molecular flexibility index (Phi) is 18.8. The van der Waals surface area contributed by atoms with Crippen LogP contribution in [0.1, 0.15) is 10.4 Å². The molecule has 11 heteroatoms. The number of aromatic carboxylic acids is 1. The van der Waals surface area contributed by atoms with Crippen molar-refractivity contribution < 1.29 is 82.3 Å². The molecule has 7 nitrogen and oxygen atoms in total. The third kappa shape index (κ3) is 22.6. The molecular formula is C10H10N2Na2O5S2. The molecule has 2 N–H and O–H groups in total. The number of rotatable bonds is 1. The first-order valence-corrected chi connectivity index (χ1v) is 7.04. The molecule has 0 bridgehead atoms. The molecule has 2 rings (SSSR count). The number of hydrogen-bond donors (Lipinski definition) is 2. The van der Waals surface area contributed by atoms with Gasteiger partial charge in [-0.05, 0) is 16.8 Å². The summed E-state index contributed by atoms with van der Waals surface area (Å²) in [6.07, 6.45) is 5.08. The van der Waals surface area contributed by atoms with Crippen LogP contribution in [0, 0.1) is 0 Å². The fraction of sp³-hybridized carbons (Fsp3) is 0. The molecule has 0 aliphatic rings. The summed E-state index contributed by atoms with van der Waals surface area (Å²) in [7, 11) is -4.08. The van der Waals surface area contributed by atoms with Crippen molar-refractivity contribution in [1.82, 2.24) is 9.97 Å². The maximum Gasteiger partial charge on any atom is 1.00 e. The van der Waals surface area contributed by atoms with Gasteiger partial charge < -0.3 is 24.0 Å². The van der Waals surface area contributed by atoms with E-state index >= 15 is 0 Å². The summed E-state index contributed by atoms with van der Waals surface area (Å²) >= 11 is 3.35. The van der Waals surface area contributed by atoms with E-state index in [2.05, 4.69) is 21.2 Å². The Bertz CT molecular complexity index is 539. The zero-order valence-corrected chi connectivity index (χ0v) is 17.1. The van der Waals surface area contributed by atoms with Crippen LogP contribution in [0.4, 0.5) is 0 Å². The Balaban J connectivity index is -0.000000236. The number of H-pyrrole nitrogens is 1. The van der Waals surface area contributed by atoms with Crippen LogP contribution >= 0.6 is 0 Å². The van der Waals surface area contributed by atoms with Crippen molar-refractivity contribution in [3.05, 3.63) is 54.6 Å². The van der Waals surface area contributed by atoms with E-state index in [1.807, 2.05) is 0 Å². The Morgan fingerprint density at radius 3 is 1.95 bits per heavy atom. The van der Waals surface area contributed by atoms with E-state index in [0.717, 1.165) is 0 Å². The van der Waals surface area contributed by atoms with Gasteiger partial charge in [-0.15, -0.1) is 0 Å². The Morgan fingerprint density at radius 2 is 1.76 bits per heavy atom. The van der Waals surface area contributed by atoms with Crippen LogP contribution in [0.15, 0.2) is 49.1 Å². The first-order valence-electron chi connectivity index (χ1n) is 4.68. The van der Waals surface area contributed by atoms with Gasteiger partial charge in [0.05, 0.1) is 21.4 Å². The van der Waals surface area contributed by atoms with Crippen molar-refractivity contribution in [2.45, 2.75) is 0 Å². The topological polar surface area (TPSA) is 129 Å². The molecule has 0 aliphatic heterocycles. The Hall–Kier alpha value is 0.190. The maximum absolute atomic E-state index is 10.1. The average Bonchev–Trinajstić information content (AvgIpc) is 2.86. The largest absolute Gasteiger partial charge is 1.00 e. The van der Waals surface area contributed by atoms with Crippen molar-refractivity contribution in [1.29, 1.82) is 0 Å². The van der Waals surface area contributed by atoms with Gasteiger partial charge >= 0.3 is 59.1 Å². The van der Waals surface area contributed by atoms with E-state index < -0.39 is 15.0 Å². The monoisotopic (exact) mass is 348 g/mol. The Labute approximate surface area is 171 Å². The average molecular weight is 348 g/mol. The van der Waals surface area contributed by atoms with E-state index in [1.165, 1.54) is 12.1 Å². The van der Waals surface area contributed by atoms with Crippen molar-refractivity contribution in [2.24, 2.45) is 0 Å². The molecule has 104 valence electrons. The van der Waals surface area contributed by atoms with Gasteiger partial charge in [-0.25, -0.2) is 9.19 Å². The SMILES string of the molecule is O=C([O-])c1ccccc1.O=S([O-])(O)=S.[Na+].[Na+].c1c[nH]cn1. The second-order valence-corrected chi connectivity index (χ2v) is 4.96. The first kappa shape index (κ1) is 26.1. The van der Waals surface area contributed by atoms with Crippen LogP contribution in [-0.4, -0.2) is 29.3 Å². The third-order valence-corrected chi connectivity index (χ3v) is 1.42. The minimum Gasteiger partial charge on any atom is -0.748 e. The van der Waals surface area contributed by atoms with Crippen LogP contribution in [0.25, 0.3) is 0 Å². The van der Waals surface area contributed by atoms with Crippen LogP contribution in [-0.2, 0) is 20.2 Å². The van der Waals surface area contributed by atoms with Crippen molar-refractivity contribution in [2.75, 3.05) is 0 Å². The standard InChI is InChI=1S/C7H6O2.C3H4N2.2Na.H2O3S2/c8-7(9)6-4-2-1-3-5-6;1-2-5-3-4-1;;;1-5(2,3)4/h1-5H,(H,8,9);1-3H,(H,4,5);;;(H2,1,2,3,4)/q;;2*+1;/p-2. The van der Waals surface area contributed by atoms with Crippen LogP contribution in [0.5, 0.6) is 0 Å². The summed E-state index contributed by atoms with van der Waals surface area (Å²) in [6, 6.07) is 8.06. The van der Waals surface area contributed by atoms with Gasteiger partial charge in [0.25, 0.3) is 0 Å². The number of carbonyl (C=O) groups is 1. The maximum atomic E-state index is 10.1. The number of nitrogens with zero attached hydrogens (tertiary/aromatic N) is 1. The van der Waals surface area contributed by atoms with E-state index in [0.29, 0.717) is 0 Å². The molecule has 1 unspecified atom stereocenters. The fourth-order valence-electron chi connectivity index (χ4n) is 0.789. The molecule has 0 fully saturated rings. The van der Waals surface area contributed by atoms with Crippen LogP contribution < -0.4 is 64.2 Å². The number of carboxylic acids is 1. The number of aromatic amines is 1. The minimum absolute atomic E-state index is 0. The molecule has 2 aromatic rings. The molecule has 1 atom stereocenters. The number of hydrogen-bond acceptors (Lipinski definition) is 6. The quantitative estimate of drug-likeness (QED) is 0.491. The summed E-state index contributed by atoms with van der Waals surface area (Å²) < 4.78 is 25.3. The summed E-state index contributed by atoms with van der Waals surface area (Å²) in [5.41, 5.74) is 0.220. The second-order valence-electron chi connectivity index (χ2n) is 2.84. The smallest absolute Gasteiger partial charge is 0.748 e. The summed E-state index contributed by atoms with van der Waals surface area (Å²) in [4.78, 5) is 16.5. The number of nitrogens with one attached hydrogen (secondary N) is 1. The summed E-state index contributed by atoms with van der Waals surface area (Å²) in [5.74, 6) is -1.13. The molecule has 1 aromatic heterocycles. The summed E-state index contributed by atoms with van der Waals surface area (Å²) in [6.45, 7) is 0. The fourth-order valence-corrected chi connectivity index (χ4v) is 0.789. The van der Waals surface area contributed by atoms with Crippen molar-refractivity contribution in [3.8, 4) is 0 Å². The molecule has 1 heterocycles. The van der Waals surface area contributed by atoms with Crippen LogP contribution in [0.3, 0.4) is 0 Å². The zero-order valence-electron chi connectivity index (χ0n) is 11.5. The normalized spacial score (nSPS) is 10.8. The van der Waals surface area contributed by atoms with Gasteiger partial charge in [-0.1, -0.05) is 30.3 Å². The van der Waals surface area contributed by atoms with Crippen LogP contribution in [0.2, 0.25) is 0 Å². The molecule has 0 spiro atoms. The predicted octanol–water partition coefficient (Wildman–Crippen LogP) is -6.20. The molecule has 0 aliphatic carbocycles. The first-order chi connectivity index (χ1) is 8.80. The number of carbonyl (C=O) groups excluding carboxylic acids is 1. The van der Waals surface area contributed by atoms with Gasteiger partial charge in [0.15, 0.2) is 0 Å². The number of carboxylic acid groups (broad SMARTS) is 1. The Morgan fingerprint density at radius 1 is 1.29 bits per heavy atom. The van der Waals surface area contributed by atoms with E-state index in [9.17, 15) is 9.90 Å². The molecule has 0 saturated heterocycles. The van der Waals surface area contributed by atoms with Gasteiger partial charge in [0.2, 0.25) is 0 Å². The molecule has 0 amide bonds. The molecule has 0 radical (unpaired) electrons. The van der Waals surface area contributed by atoms with E-state index in [4.69, 9.17) is 13.3 Å². The second kappa shape index (κ2) is 15.1. The van der Waals surface area contributed by atoms with Gasteiger partial charge in [-0.3, -0.25) is 0 Å². The minimum atomic E-state index is -4.08.